The first-order valence-electron chi connectivity index (χ1n) is 7.15. The molecule has 104 valence electrons. The summed E-state index contributed by atoms with van der Waals surface area (Å²) in [6, 6.07) is 8.26. The number of para-hydroxylation sites is 1. The minimum absolute atomic E-state index is 0.149. The van der Waals surface area contributed by atoms with Gasteiger partial charge in [-0.3, -0.25) is 4.79 Å². The second-order valence-corrected chi connectivity index (χ2v) is 5.62. The molecule has 0 bridgehead atoms. The Morgan fingerprint density at radius 1 is 1.05 bits per heavy atom. The molecule has 0 atom stereocenters. The minimum Gasteiger partial charge on any atom is -0.377 e. The van der Waals surface area contributed by atoms with Crippen molar-refractivity contribution in [2.24, 2.45) is 0 Å². The summed E-state index contributed by atoms with van der Waals surface area (Å²) < 4.78 is 0. The van der Waals surface area contributed by atoms with E-state index >= 15 is 0 Å². The smallest absolute Gasteiger partial charge is 0.255 e. The van der Waals surface area contributed by atoms with Crippen molar-refractivity contribution < 1.29 is 4.79 Å². The van der Waals surface area contributed by atoms with Crippen LogP contribution in [0.25, 0.3) is 0 Å². The van der Waals surface area contributed by atoms with Gasteiger partial charge in [0, 0.05) is 32.9 Å². The summed E-state index contributed by atoms with van der Waals surface area (Å²) in [6.07, 6.45) is 6.10. The summed E-state index contributed by atoms with van der Waals surface area (Å²) in [6.45, 7) is 0. The van der Waals surface area contributed by atoms with E-state index in [1.807, 2.05) is 55.2 Å². The van der Waals surface area contributed by atoms with Crippen molar-refractivity contribution in [1.29, 1.82) is 0 Å². The number of hydrogen-bond acceptors (Lipinski definition) is 2. The van der Waals surface area contributed by atoms with Crippen LogP contribution in [0.1, 0.15) is 42.5 Å². The minimum atomic E-state index is 0.149. The van der Waals surface area contributed by atoms with Crippen LogP contribution in [-0.2, 0) is 0 Å². The molecule has 1 fully saturated rings. The van der Waals surface area contributed by atoms with Crippen molar-refractivity contribution in [3.63, 3.8) is 0 Å². The summed E-state index contributed by atoms with van der Waals surface area (Å²) in [7, 11) is 5.91. The fourth-order valence-electron chi connectivity index (χ4n) is 2.87. The monoisotopic (exact) mass is 260 g/mol. The standard InChI is InChI=1S/C16H24N2O/c1-17(2)15-12-8-7-11-14(15)16(19)18(3)13-9-5-4-6-10-13/h7-8,11-13H,4-6,9-10H2,1-3H3. The SMILES string of the molecule is CN(C)c1ccccc1C(=O)N(C)C1CCCCC1. The van der Waals surface area contributed by atoms with Crippen LogP contribution in [0.2, 0.25) is 0 Å². The lowest BCUT2D eigenvalue weighted by molar-refractivity contribution is 0.0697. The van der Waals surface area contributed by atoms with Crippen LogP contribution in [-0.4, -0.2) is 38.0 Å². The van der Waals surface area contributed by atoms with Gasteiger partial charge in [-0.05, 0) is 25.0 Å². The Morgan fingerprint density at radius 2 is 1.68 bits per heavy atom. The summed E-state index contributed by atoms with van der Waals surface area (Å²) in [5, 5.41) is 0. The molecule has 1 saturated carbocycles. The Morgan fingerprint density at radius 3 is 2.32 bits per heavy atom. The molecular weight excluding hydrogens is 236 g/mol. The van der Waals surface area contributed by atoms with Crippen LogP contribution < -0.4 is 4.90 Å². The number of carbonyl (C=O) groups is 1. The van der Waals surface area contributed by atoms with Crippen LogP contribution in [0.3, 0.4) is 0 Å². The largest absolute Gasteiger partial charge is 0.377 e. The van der Waals surface area contributed by atoms with E-state index in [-0.39, 0.29) is 5.91 Å². The Kier molecular flexibility index (Phi) is 4.46. The third kappa shape index (κ3) is 3.09. The fourth-order valence-corrected chi connectivity index (χ4v) is 2.87. The first-order valence-corrected chi connectivity index (χ1v) is 7.15. The lowest BCUT2D eigenvalue weighted by atomic mass is 9.94. The van der Waals surface area contributed by atoms with Gasteiger partial charge in [-0.25, -0.2) is 0 Å². The third-order valence-corrected chi connectivity index (χ3v) is 4.06. The highest BCUT2D eigenvalue weighted by atomic mass is 16.2. The van der Waals surface area contributed by atoms with Gasteiger partial charge in [0.1, 0.15) is 0 Å². The maximum Gasteiger partial charge on any atom is 0.255 e. The number of nitrogens with zero attached hydrogens (tertiary/aromatic N) is 2. The molecule has 3 nitrogen and oxygen atoms in total. The first-order chi connectivity index (χ1) is 9.11. The first kappa shape index (κ1) is 13.9. The predicted molar refractivity (Wildman–Crippen MR) is 79.7 cm³/mol. The molecule has 0 spiro atoms. The molecule has 2 rings (SSSR count). The average Bonchev–Trinajstić information content (AvgIpc) is 2.46. The van der Waals surface area contributed by atoms with E-state index in [4.69, 9.17) is 0 Å². The number of anilines is 1. The third-order valence-electron chi connectivity index (χ3n) is 4.06. The Hall–Kier alpha value is -1.51. The zero-order chi connectivity index (χ0) is 13.8. The van der Waals surface area contributed by atoms with Gasteiger partial charge in [-0.15, -0.1) is 0 Å². The highest BCUT2D eigenvalue weighted by Crippen LogP contribution is 2.25. The fraction of sp³-hybridized carbons (Fsp3) is 0.562. The van der Waals surface area contributed by atoms with Crippen molar-refractivity contribution >= 4 is 11.6 Å². The van der Waals surface area contributed by atoms with Gasteiger partial charge >= 0.3 is 0 Å². The Labute approximate surface area is 116 Å². The maximum atomic E-state index is 12.7. The van der Waals surface area contributed by atoms with Crippen molar-refractivity contribution in [3.8, 4) is 0 Å². The molecule has 1 aliphatic rings. The molecular formula is C16H24N2O. The zero-order valence-corrected chi connectivity index (χ0v) is 12.2. The van der Waals surface area contributed by atoms with Gasteiger partial charge in [0.15, 0.2) is 0 Å². The molecule has 0 radical (unpaired) electrons. The highest BCUT2D eigenvalue weighted by Gasteiger charge is 2.24. The lowest BCUT2D eigenvalue weighted by Crippen LogP contribution is -2.38. The number of amides is 1. The van der Waals surface area contributed by atoms with Crippen LogP contribution in [0.4, 0.5) is 5.69 Å². The van der Waals surface area contributed by atoms with Crippen molar-refractivity contribution in [2.75, 3.05) is 26.0 Å². The zero-order valence-electron chi connectivity index (χ0n) is 12.2. The number of carbonyl (C=O) groups excluding carboxylic acids is 1. The van der Waals surface area contributed by atoms with E-state index < -0.39 is 0 Å². The second kappa shape index (κ2) is 6.09. The van der Waals surface area contributed by atoms with Gasteiger partial charge in [-0.2, -0.15) is 0 Å². The quantitative estimate of drug-likeness (QED) is 0.833. The normalized spacial score (nSPS) is 16.2. The molecule has 1 aromatic carbocycles. The molecule has 1 amide bonds. The summed E-state index contributed by atoms with van der Waals surface area (Å²) in [5.41, 5.74) is 1.80. The molecule has 0 heterocycles. The van der Waals surface area contributed by atoms with Gasteiger partial charge < -0.3 is 9.80 Å². The van der Waals surface area contributed by atoms with Crippen LogP contribution in [0.15, 0.2) is 24.3 Å². The van der Waals surface area contributed by atoms with E-state index in [0.717, 1.165) is 24.1 Å². The maximum absolute atomic E-state index is 12.7. The van der Waals surface area contributed by atoms with Crippen LogP contribution >= 0.6 is 0 Å². The lowest BCUT2D eigenvalue weighted by Gasteiger charge is -2.32. The van der Waals surface area contributed by atoms with E-state index in [9.17, 15) is 4.79 Å². The van der Waals surface area contributed by atoms with E-state index in [1.165, 1.54) is 19.3 Å². The van der Waals surface area contributed by atoms with Crippen molar-refractivity contribution in [2.45, 2.75) is 38.1 Å². The predicted octanol–water partition coefficient (Wildman–Crippen LogP) is 3.16. The van der Waals surface area contributed by atoms with Crippen molar-refractivity contribution in [1.82, 2.24) is 4.90 Å². The summed E-state index contributed by atoms with van der Waals surface area (Å²) >= 11 is 0. The van der Waals surface area contributed by atoms with Gasteiger partial charge in [0.2, 0.25) is 0 Å². The van der Waals surface area contributed by atoms with Crippen LogP contribution in [0.5, 0.6) is 0 Å². The Balaban J connectivity index is 2.18. The number of benzene rings is 1. The second-order valence-electron chi connectivity index (χ2n) is 5.62. The van der Waals surface area contributed by atoms with Gasteiger partial charge in [-0.1, -0.05) is 31.4 Å². The Bertz CT molecular complexity index is 436. The van der Waals surface area contributed by atoms with Crippen LogP contribution in [0, 0.1) is 0 Å². The topological polar surface area (TPSA) is 23.6 Å². The van der Waals surface area contributed by atoms with Crippen molar-refractivity contribution in [3.05, 3.63) is 29.8 Å². The molecule has 3 heteroatoms. The van der Waals surface area contributed by atoms with E-state index in [0.29, 0.717) is 6.04 Å². The van der Waals surface area contributed by atoms with E-state index in [1.54, 1.807) is 0 Å². The summed E-state index contributed by atoms with van der Waals surface area (Å²) in [5.74, 6) is 0.149. The molecule has 0 aromatic heterocycles. The molecule has 1 aliphatic carbocycles. The van der Waals surface area contributed by atoms with Gasteiger partial charge in [0.25, 0.3) is 5.91 Å². The molecule has 19 heavy (non-hydrogen) atoms. The average molecular weight is 260 g/mol. The van der Waals surface area contributed by atoms with E-state index in [2.05, 4.69) is 0 Å². The molecule has 0 N–H and O–H groups in total. The molecule has 0 saturated heterocycles. The summed E-state index contributed by atoms with van der Waals surface area (Å²) in [4.78, 5) is 16.6. The molecule has 1 aromatic rings. The number of rotatable bonds is 3. The number of hydrogen-bond donors (Lipinski definition) is 0. The van der Waals surface area contributed by atoms with Gasteiger partial charge in [0.05, 0.1) is 5.56 Å². The molecule has 0 aliphatic heterocycles. The molecule has 0 unspecified atom stereocenters. The highest BCUT2D eigenvalue weighted by molar-refractivity contribution is 5.99.